The predicted molar refractivity (Wildman–Crippen MR) is 266 cm³/mol. The first-order valence-electron chi connectivity index (χ1n) is 28.0. The fourth-order valence-electron chi connectivity index (χ4n) is 22.0. The Kier molecular flexibility index (Phi) is 11.2. The first-order chi connectivity index (χ1) is 31.9. The van der Waals surface area contributed by atoms with Crippen LogP contribution in [-0.2, 0) is 19.1 Å². The number of allylic oxidation sites excluding steroid dienone is 4. The van der Waals surface area contributed by atoms with E-state index in [9.17, 15) is 39.9 Å². The molecule has 10 aliphatic rings. The van der Waals surface area contributed by atoms with Crippen LogP contribution in [-0.4, -0.2) is 68.9 Å². The second-order valence-electron chi connectivity index (χ2n) is 29.7. The minimum absolute atomic E-state index is 0.000865. The SMILES string of the molecule is CC1(C)C[C@H](O)C[C@@]2(C)[C@@H]1CC[C@]1(C)[C@H]2CC=C2[C@@H]3C[C@](C)(COC(=O)[C@@]4(C)CC[C@]5(C(=O)O)CC[C@]6(C)C(=CC[C@@H]7[C@@]8(C)CC[C@@H](O)[C@](C)(CO)[C@H]8CC[C@]76C)[C@H]5C4)CC[C@]3(C(=O)O)CC[C@@]21C. The number of rotatable bonds is 6. The molecule has 386 valence electrons. The van der Waals surface area contributed by atoms with Crippen molar-refractivity contribution >= 4 is 17.9 Å². The van der Waals surface area contributed by atoms with Gasteiger partial charge in [-0.2, -0.15) is 0 Å². The second-order valence-corrected chi connectivity index (χ2v) is 29.7. The van der Waals surface area contributed by atoms with Gasteiger partial charge in [0.1, 0.15) is 0 Å². The maximum atomic E-state index is 14.9. The molecule has 0 heterocycles. The van der Waals surface area contributed by atoms with Crippen LogP contribution in [0.5, 0.6) is 0 Å². The highest BCUT2D eigenvalue weighted by Gasteiger charge is 2.72. The summed E-state index contributed by atoms with van der Waals surface area (Å²) in [6.07, 6.45) is 19.3. The van der Waals surface area contributed by atoms with Crippen LogP contribution >= 0.6 is 0 Å². The third-order valence-corrected chi connectivity index (χ3v) is 26.6. The van der Waals surface area contributed by atoms with Crippen molar-refractivity contribution in [2.45, 2.75) is 217 Å². The van der Waals surface area contributed by atoms with Gasteiger partial charge in [0.25, 0.3) is 0 Å². The molecule has 8 fully saturated rings. The van der Waals surface area contributed by atoms with Gasteiger partial charge in [-0.05, 0) is 209 Å². The Labute approximate surface area is 414 Å². The van der Waals surface area contributed by atoms with E-state index in [4.69, 9.17) is 4.74 Å². The zero-order chi connectivity index (χ0) is 50.2. The molecule has 10 aliphatic carbocycles. The summed E-state index contributed by atoms with van der Waals surface area (Å²) in [7, 11) is 0. The Balaban J connectivity index is 0.904. The summed E-state index contributed by atoms with van der Waals surface area (Å²) in [5.74, 6) is -0.651. The van der Waals surface area contributed by atoms with Crippen LogP contribution in [0.25, 0.3) is 0 Å². The lowest BCUT2D eigenvalue weighted by molar-refractivity contribution is -0.217. The number of hydrogen-bond acceptors (Lipinski definition) is 7. The average molecular weight is 957 g/mol. The molecular weight excluding hydrogens is 865 g/mol. The zero-order valence-corrected chi connectivity index (χ0v) is 44.7. The Hall–Kier alpha value is -2.23. The third kappa shape index (κ3) is 6.38. The van der Waals surface area contributed by atoms with E-state index in [0.29, 0.717) is 75.5 Å². The quantitative estimate of drug-likeness (QED) is 0.129. The van der Waals surface area contributed by atoms with Crippen molar-refractivity contribution in [1.82, 2.24) is 0 Å². The second kappa shape index (κ2) is 15.4. The number of carbonyl (C=O) groups excluding carboxylic acids is 1. The van der Waals surface area contributed by atoms with Gasteiger partial charge in [0.2, 0.25) is 0 Å². The van der Waals surface area contributed by atoms with Crippen LogP contribution in [0.1, 0.15) is 205 Å². The molecule has 8 saturated carbocycles. The van der Waals surface area contributed by atoms with Crippen molar-refractivity contribution in [2.24, 2.45) is 100 Å². The number of fused-ring (bicyclic) bond motifs is 14. The number of aliphatic carboxylic acids is 2. The Bertz CT molecular complexity index is 2230. The van der Waals surface area contributed by atoms with E-state index >= 15 is 0 Å². The largest absolute Gasteiger partial charge is 0.481 e. The molecule has 69 heavy (non-hydrogen) atoms. The Morgan fingerprint density at radius 2 is 1.07 bits per heavy atom. The van der Waals surface area contributed by atoms with E-state index in [1.807, 2.05) is 6.92 Å². The van der Waals surface area contributed by atoms with E-state index in [1.165, 1.54) is 11.1 Å². The minimum atomic E-state index is -0.935. The lowest BCUT2D eigenvalue weighted by atomic mass is 9.33. The number of carboxylic acid groups (broad SMARTS) is 2. The fraction of sp³-hybridized carbons (Fsp3) is 0.883. The fourth-order valence-corrected chi connectivity index (χ4v) is 22.0. The van der Waals surface area contributed by atoms with Crippen molar-refractivity contribution < 1.29 is 44.7 Å². The van der Waals surface area contributed by atoms with Crippen LogP contribution < -0.4 is 0 Å². The molecule has 5 N–H and O–H groups in total. The summed E-state index contributed by atoms with van der Waals surface area (Å²) in [4.78, 5) is 42.2. The normalized spacial score (nSPS) is 55.0. The van der Waals surface area contributed by atoms with E-state index < -0.39 is 45.1 Å². The number of ether oxygens (including phenoxy) is 1. The molecule has 0 saturated heterocycles. The van der Waals surface area contributed by atoms with Crippen LogP contribution in [0.4, 0.5) is 0 Å². The van der Waals surface area contributed by atoms with Crippen molar-refractivity contribution in [3.05, 3.63) is 23.3 Å². The molecule has 0 aromatic heterocycles. The number of aliphatic hydroxyl groups excluding tert-OH is 3. The van der Waals surface area contributed by atoms with Crippen LogP contribution in [0.3, 0.4) is 0 Å². The molecular formula is C60H92O9. The van der Waals surface area contributed by atoms with Crippen LogP contribution in [0.15, 0.2) is 23.3 Å². The maximum absolute atomic E-state index is 14.9. The molecule has 0 spiro atoms. The van der Waals surface area contributed by atoms with Crippen molar-refractivity contribution in [3.63, 3.8) is 0 Å². The molecule has 9 nitrogen and oxygen atoms in total. The molecule has 0 aliphatic heterocycles. The topological polar surface area (TPSA) is 162 Å². The van der Waals surface area contributed by atoms with Gasteiger partial charge in [0, 0.05) is 10.8 Å². The highest BCUT2D eigenvalue weighted by molar-refractivity contribution is 5.80. The van der Waals surface area contributed by atoms with E-state index in [1.54, 1.807) is 0 Å². The summed E-state index contributed by atoms with van der Waals surface area (Å²) in [6, 6.07) is 0. The summed E-state index contributed by atoms with van der Waals surface area (Å²) in [5, 5.41) is 55.7. The molecule has 10 rings (SSSR count). The van der Waals surface area contributed by atoms with Gasteiger partial charge in [-0.15, -0.1) is 0 Å². The van der Waals surface area contributed by atoms with Gasteiger partial charge in [-0.1, -0.05) is 92.5 Å². The van der Waals surface area contributed by atoms with Gasteiger partial charge in [-0.25, -0.2) is 0 Å². The number of carboxylic acids is 2. The molecule has 19 atom stereocenters. The molecule has 0 aromatic carbocycles. The first-order valence-corrected chi connectivity index (χ1v) is 28.0. The van der Waals surface area contributed by atoms with Gasteiger partial charge in [0.15, 0.2) is 0 Å². The summed E-state index contributed by atoms with van der Waals surface area (Å²) >= 11 is 0. The van der Waals surface area contributed by atoms with Crippen LogP contribution in [0.2, 0.25) is 0 Å². The lowest BCUT2D eigenvalue weighted by Gasteiger charge is -2.71. The van der Waals surface area contributed by atoms with Crippen LogP contribution in [0, 0.1) is 100 Å². The van der Waals surface area contributed by atoms with Gasteiger partial charge >= 0.3 is 17.9 Å². The Morgan fingerprint density at radius 3 is 1.62 bits per heavy atom. The number of aliphatic hydroxyl groups is 3. The lowest BCUT2D eigenvalue weighted by Crippen LogP contribution is -2.66. The maximum Gasteiger partial charge on any atom is 0.311 e. The monoisotopic (exact) mass is 957 g/mol. The molecule has 9 heteroatoms. The van der Waals surface area contributed by atoms with E-state index in [2.05, 4.69) is 81.4 Å². The first kappa shape index (κ1) is 50.3. The van der Waals surface area contributed by atoms with Gasteiger partial charge in [-0.3, -0.25) is 14.4 Å². The number of esters is 1. The van der Waals surface area contributed by atoms with E-state index in [0.717, 1.165) is 70.6 Å². The molecule has 0 radical (unpaired) electrons. The highest BCUT2D eigenvalue weighted by atomic mass is 16.5. The van der Waals surface area contributed by atoms with Crippen molar-refractivity contribution in [3.8, 4) is 0 Å². The standard InChI is InChI=1S/C60H92O9/c1-49(2)30-36(62)31-53(6)41(49)16-20-58(11)44(53)15-13-37-39-32-50(3,22-26-59(39,46(64)65)28-24-55(37,58)8)35-69-48(68)51(4)23-27-60(47(66)67)29-25-56(9)38(40(60)33-51)12-14-43-52(5)19-18-45(63)54(7,34-61)42(52)17-21-57(43,56)10/h12-13,36,39-45,61-63H,14-35H2,1-11H3,(H,64,65)(H,66,67)/t36-,39-,40+,41+,42-,43+,44-,45+,50+,51-,52-,53-,54+,55-,56+,57+,58+,59-,60-/m0/s1. The Morgan fingerprint density at radius 1 is 0.565 bits per heavy atom. The molecule has 0 unspecified atom stereocenters. The highest BCUT2D eigenvalue weighted by Crippen LogP contribution is 2.78. The number of hydrogen-bond donors (Lipinski definition) is 5. The summed E-state index contributed by atoms with van der Waals surface area (Å²) in [5.41, 5.74) is -1.59. The average Bonchev–Trinajstić information content (AvgIpc) is 3.26. The van der Waals surface area contributed by atoms with Gasteiger partial charge < -0.3 is 30.3 Å². The van der Waals surface area contributed by atoms with E-state index in [-0.39, 0.29) is 80.9 Å². The van der Waals surface area contributed by atoms with Gasteiger partial charge in [0.05, 0.1) is 41.7 Å². The zero-order valence-electron chi connectivity index (χ0n) is 44.7. The minimum Gasteiger partial charge on any atom is -0.481 e. The van der Waals surface area contributed by atoms with Crippen molar-refractivity contribution in [2.75, 3.05) is 13.2 Å². The summed E-state index contributed by atoms with van der Waals surface area (Å²) < 4.78 is 6.58. The molecule has 0 bridgehead atoms. The molecule has 0 amide bonds. The smallest absolute Gasteiger partial charge is 0.311 e. The summed E-state index contributed by atoms with van der Waals surface area (Å²) in [6.45, 7) is 26.0. The number of carbonyl (C=O) groups is 3. The third-order valence-electron chi connectivity index (χ3n) is 26.6. The molecule has 0 aromatic rings. The predicted octanol–water partition coefficient (Wildman–Crippen LogP) is 12.0. The van der Waals surface area contributed by atoms with Crippen molar-refractivity contribution in [1.29, 1.82) is 0 Å².